The average molecular weight is 1160 g/mol. The average Bonchev–Trinajstić information content (AvgIpc) is 3.48. The summed E-state index contributed by atoms with van der Waals surface area (Å²) in [6.07, 6.45) is 65.2. The molecule has 11 heteroatoms. The molecule has 1 saturated heterocycles. The molecule has 0 aromatic rings. The first-order valence-corrected chi connectivity index (χ1v) is 35.4. The van der Waals surface area contributed by atoms with Crippen LogP contribution < -0.4 is 5.32 Å². The van der Waals surface area contributed by atoms with E-state index in [1.165, 1.54) is 250 Å². The lowest BCUT2D eigenvalue weighted by molar-refractivity contribution is -0.303. The van der Waals surface area contributed by atoms with Gasteiger partial charge >= 0.3 is 0 Å². The minimum Gasteiger partial charge on any atom is -0.394 e. The van der Waals surface area contributed by atoms with Gasteiger partial charge in [0.1, 0.15) is 36.6 Å². The van der Waals surface area contributed by atoms with Crippen molar-refractivity contribution in [2.45, 2.75) is 396 Å². The molecule has 0 spiro atoms. The normalized spacial score (nSPS) is 19.3. The third kappa shape index (κ3) is 46.5. The monoisotopic (exact) mass is 1160 g/mol. The standard InChI is InChI=1S/C71H135NO10/c1-3-5-7-9-11-13-15-17-19-21-23-25-27-29-31-32-33-35-37-39-41-43-45-47-49-51-53-55-57-59-64(75)70(80)72-62(61-81-71-69(79)68(78)67(77)65(60-73)82-71)66(76)63(74)58-56-54-52-50-48-46-44-42-40-38-36-34-30-28-26-24-22-20-18-16-14-12-10-8-6-4-2/h34,36,42,44,50,52,62-69,71,73-79H,3-33,35,37-41,43,45-49,51,53-61H2,1-2H3,(H,72,80)/b36-34+,44-42+,52-50+. The Labute approximate surface area is 505 Å². The SMILES string of the molecule is CCCCCCCCCCCCCCC/C=C/CC/C=C/CC/C=C/CCCC(O)C(O)C(COC1OC(CO)C(O)C(O)C1O)NC(=O)C(O)CCCCCCCCCCCCCCCCCCCCCCCCCCCCCCC. The zero-order valence-corrected chi connectivity index (χ0v) is 53.5. The Hall–Kier alpha value is -1.67. The maximum Gasteiger partial charge on any atom is 0.249 e. The zero-order chi connectivity index (χ0) is 59.6. The van der Waals surface area contributed by atoms with E-state index in [1.807, 2.05) is 0 Å². The zero-order valence-electron chi connectivity index (χ0n) is 53.5. The lowest BCUT2D eigenvalue weighted by Crippen LogP contribution is -2.60. The molecule has 484 valence electrons. The Morgan fingerprint density at radius 1 is 0.415 bits per heavy atom. The first-order valence-electron chi connectivity index (χ1n) is 35.4. The predicted molar refractivity (Wildman–Crippen MR) is 344 cm³/mol. The van der Waals surface area contributed by atoms with E-state index in [0.29, 0.717) is 19.3 Å². The number of hydrogen-bond donors (Lipinski definition) is 8. The molecule has 0 aliphatic carbocycles. The van der Waals surface area contributed by atoms with Gasteiger partial charge in [0.15, 0.2) is 6.29 Å². The third-order valence-corrected chi connectivity index (χ3v) is 17.2. The molecule has 82 heavy (non-hydrogen) atoms. The maximum atomic E-state index is 13.2. The van der Waals surface area contributed by atoms with E-state index in [4.69, 9.17) is 9.47 Å². The van der Waals surface area contributed by atoms with Crippen LogP contribution in [0.25, 0.3) is 0 Å². The van der Waals surface area contributed by atoms with E-state index in [9.17, 15) is 40.5 Å². The van der Waals surface area contributed by atoms with Crippen molar-refractivity contribution in [2.24, 2.45) is 0 Å². The molecule has 9 atom stereocenters. The molecule has 1 aliphatic heterocycles. The number of carbonyl (C=O) groups excluding carboxylic acids is 1. The van der Waals surface area contributed by atoms with Gasteiger partial charge in [-0.1, -0.05) is 314 Å². The molecule has 1 fully saturated rings. The van der Waals surface area contributed by atoms with Crippen molar-refractivity contribution in [3.05, 3.63) is 36.5 Å². The number of hydrogen-bond acceptors (Lipinski definition) is 10. The number of allylic oxidation sites excluding steroid dienone is 6. The molecule has 1 amide bonds. The Morgan fingerprint density at radius 2 is 0.732 bits per heavy atom. The van der Waals surface area contributed by atoms with Crippen LogP contribution in [0.4, 0.5) is 0 Å². The molecule has 0 bridgehead atoms. The highest BCUT2D eigenvalue weighted by Crippen LogP contribution is 2.24. The number of aliphatic hydroxyl groups is 7. The van der Waals surface area contributed by atoms with Crippen molar-refractivity contribution in [3.63, 3.8) is 0 Å². The van der Waals surface area contributed by atoms with Gasteiger partial charge < -0.3 is 50.5 Å². The van der Waals surface area contributed by atoms with Crippen LogP contribution in [-0.2, 0) is 14.3 Å². The first-order chi connectivity index (χ1) is 40.2. The smallest absolute Gasteiger partial charge is 0.249 e. The highest BCUT2D eigenvalue weighted by Gasteiger charge is 2.44. The summed E-state index contributed by atoms with van der Waals surface area (Å²) < 4.78 is 11.2. The molecule has 0 radical (unpaired) electrons. The van der Waals surface area contributed by atoms with Crippen molar-refractivity contribution in [3.8, 4) is 0 Å². The summed E-state index contributed by atoms with van der Waals surface area (Å²) >= 11 is 0. The molecule has 0 aromatic heterocycles. The summed E-state index contributed by atoms with van der Waals surface area (Å²) in [7, 11) is 0. The van der Waals surface area contributed by atoms with Gasteiger partial charge in [-0.2, -0.15) is 0 Å². The Balaban J connectivity index is 2.23. The van der Waals surface area contributed by atoms with E-state index in [0.717, 1.165) is 44.9 Å². The van der Waals surface area contributed by atoms with Crippen LogP contribution in [0.2, 0.25) is 0 Å². The van der Waals surface area contributed by atoms with Crippen molar-refractivity contribution >= 4 is 5.91 Å². The second kappa shape index (κ2) is 59.7. The molecule has 1 heterocycles. The Bertz CT molecular complexity index is 1430. The highest BCUT2D eigenvalue weighted by atomic mass is 16.7. The minimum atomic E-state index is -1.67. The summed E-state index contributed by atoms with van der Waals surface area (Å²) in [4.78, 5) is 13.2. The summed E-state index contributed by atoms with van der Waals surface area (Å²) in [5.74, 6) is -0.706. The second-order valence-electron chi connectivity index (χ2n) is 24.9. The molecule has 0 saturated carbocycles. The van der Waals surface area contributed by atoms with Gasteiger partial charge in [0, 0.05) is 0 Å². The van der Waals surface area contributed by atoms with E-state index in [-0.39, 0.29) is 12.8 Å². The fraction of sp³-hybridized carbons (Fsp3) is 0.901. The molecule has 0 aromatic carbocycles. The minimum absolute atomic E-state index is 0.243. The van der Waals surface area contributed by atoms with Gasteiger partial charge in [-0.15, -0.1) is 0 Å². The third-order valence-electron chi connectivity index (χ3n) is 17.2. The number of unbranched alkanes of at least 4 members (excludes halogenated alkanes) is 44. The second-order valence-corrected chi connectivity index (χ2v) is 24.9. The fourth-order valence-electron chi connectivity index (χ4n) is 11.5. The molecular formula is C71H135NO10. The Kier molecular flexibility index (Phi) is 57.0. The van der Waals surface area contributed by atoms with Crippen molar-refractivity contribution in [1.82, 2.24) is 5.32 Å². The van der Waals surface area contributed by atoms with Gasteiger partial charge in [0.2, 0.25) is 5.91 Å². The quantitative estimate of drug-likeness (QED) is 0.0215. The van der Waals surface area contributed by atoms with Crippen LogP contribution in [0.5, 0.6) is 0 Å². The van der Waals surface area contributed by atoms with Crippen molar-refractivity contribution in [2.75, 3.05) is 13.2 Å². The van der Waals surface area contributed by atoms with E-state index in [2.05, 4.69) is 55.6 Å². The number of amides is 1. The van der Waals surface area contributed by atoms with E-state index >= 15 is 0 Å². The molecule has 1 rings (SSSR count). The predicted octanol–water partition coefficient (Wildman–Crippen LogP) is 17.0. The van der Waals surface area contributed by atoms with E-state index in [1.54, 1.807) is 0 Å². The summed E-state index contributed by atoms with van der Waals surface area (Å²) in [5, 5.41) is 76.5. The number of nitrogens with one attached hydrogen (secondary N) is 1. The van der Waals surface area contributed by atoms with Crippen LogP contribution in [0.15, 0.2) is 36.5 Å². The van der Waals surface area contributed by atoms with Gasteiger partial charge in [0.05, 0.1) is 25.4 Å². The lowest BCUT2D eigenvalue weighted by atomic mass is 9.98. The maximum absolute atomic E-state index is 13.2. The van der Waals surface area contributed by atoms with Gasteiger partial charge in [-0.05, 0) is 64.2 Å². The summed E-state index contributed by atoms with van der Waals surface area (Å²) in [6, 6.07) is -1.19. The summed E-state index contributed by atoms with van der Waals surface area (Å²) in [6.45, 7) is 3.49. The van der Waals surface area contributed by atoms with Crippen molar-refractivity contribution in [1.29, 1.82) is 0 Å². The van der Waals surface area contributed by atoms with Gasteiger partial charge in [-0.3, -0.25) is 4.79 Å². The topological polar surface area (TPSA) is 189 Å². The molecule has 8 N–H and O–H groups in total. The van der Waals surface area contributed by atoms with Crippen LogP contribution in [-0.4, -0.2) is 110 Å². The van der Waals surface area contributed by atoms with Crippen molar-refractivity contribution < 1.29 is 50.0 Å². The first kappa shape index (κ1) is 78.3. The fourth-order valence-corrected chi connectivity index (χ4v) is 11.5. The molecule has 1 aliphatic rings. The molecule has 9 unspecified atom stereocenters. The van der Waals surface area contributed by atoms with Gasteiger partial charge in [0.25, 0.3) is 0 Å². The molecule has 11 nitrogen and oxygen atoms in total. The number of rotatable bonds is 62. The lowest BCUT2D eigenvalue weighted by Gasteiger charge is -2.40. The highest BCUT2D eigenvalue weighted by molar-refractivity contribution is 5.80. The van der Waals surface area contributed by atoms with Gasteiger partial charge in [-0.25, -0.2) is 0 Å². The largest absolute Gasteiger partial charge is 0.394 e. The number of aliphatic hydroxyl groups excluding tert-OH is 7. The van der Waals surface area contributed by atoms with Crippen LogP contribution in [0, 0.1) is 0 Å². The van der Waals surface area contributed by atoms with Crippen LogP contribution >= 0.6 is 0 Å². The molecular weight excluding hydrogens is 1030 g/mol. The van der Waals surface area contributed by atoms with E-state index < -0.39 is 74.2 Å². The summed E-state index contributed by atoms with van der Waals surface area (Å²) in [5.41, 5.74) is 0. The number of ether oxygens (including phenoxy) is 2. The number of carbonyl (C=O) groups is 1. The Morgan fingerprint density at radius 3 is 1.09 bits per heavy atom. The van der Waals surface area contributed by atoms with Crippen LogP contribution in [0.3, 0.4) is 0 Å². The van der Waals surface area contributed by atoms with Crippen LogP contribution in [0.1, 0.15) is 341 Å².